The van der Waals surface area contributed by atoms with Gasteiger partial charge in [-0.25, -0.2) is 4.79 Å². The molecule has 1 atom stereocenters. The molecule has 0 bridgehead atoms. The van der Waals surface area contributed by atoms with Gasteiger partial charge in [0.05, 0.1) is 4.88 Å². The first kappa shape index (κ1) is 16.2. The molecular formula is C12H12F3NO3S2. The van der Waals surface area contributed by atoms with E-state index in [0.717, 1.165) is 34.0 Å². The third-order valence-corrected chi connectivity index (χ3v) is 5.45. The van der Waals surface area contributed by atoms with E-state index in [1.54, 1.807) is 23.1 Å². The molecule has 1 aromatic rings. The first-order valence-electron chi connectivity index (χ1n) is 5.97. The molecule has 0 saturated carbocycles. The number of amides is 1. The predicted molar refractivity (Wildman–Crippen MR) is 73.7 cm³/mol. The van der Waals surface area contributed by atoms with E-state index in [0.29, 0.717) is 12.7 Å². The van der Waals surface area contributed by atoms with Crippen LogP contribution in [0.4, 0.5) is 13.2 Å². The van der Waals surface area contributed by atoms with Crippen molar-refractivity contribution in [3.05, 3.63) is 21.4 Å². The maximum Gasteiger partial charge on any atom is 0.422 e. The van der Waals surface area contributed by atoms with E-state index in [4.69, 9.17) is 5.11 Å². The molecule has 116 valence electrons. The van der Waals surface area contributed by atoms with Gasteiger partial charge in [0.1, 0.15) is 0 Å². The summed E-state index contributed by atoms with van der Waals surface area (Å²) in [5.74, 6) is -1.53. The van der Waals surface area contributed by atoms with Gasteiger partial charge in [-0.15, -0.1) is 11.3 Å². The lowest BCUT2D eigenvalue weighted by Crippen LogP contribution is -2.61. The lowest BCUT2D eigenvalue weighted by atomic mass is 10.0. The van der Waals surface area contributed by atoms with E-state index >= 15 is 0 Å². The second-order valence-corrected chi connectivity index (χ2v) is 6.99. The summed E-state index contributed by atoms with van der Waals surface area (Å²) in [5.41, 5.74) is -2.37. The van der Waals surface area contributed by atoms with Gasteiger partial charge in [-0.2, -0.15) is 24.9 Å². The van der Waals surface area contributed by atoms with Crippen LogP contribution >= 0.6 is 23.1 Å². The van der Waals surface area contributed by atoms with E-state index in [2.05, 4.69) is 0 Å². The third kappa shape index (κ3) is 3.03. The zero-order chi connectivity index (χ0) is 15.8. The van der Waals surface area contributed by atoms with Crippen LogP contribution in [0.3, 0.4) is 0 Å². The molecular weight excluding hydrogens is 327 g/mol. The van der Waals surface area contributed by atoms with Crippen LogP contribution in [0.1, 0.15) is 27.0 Å². The van der Waals surface area contributed by atoms with E-state index < -0.39 is 23.6 Å². The Balaban J connectivity index is 2.24. The smallest absolute Gasteiger partial charge is 0.422 e. The lowest BCUT2D eigenvalue weighted by molar-refractivity contribution is -0.203. The molecule has 1 aromatic heterocycles. The molecule has 0 saturated heterocycles. The van der Waals surface area contributed by atoms with Crippen LogP contribution in [0.5, 0.6) is 0 Å². The zero-order valence-electron chi connectivity index (χ0n) is 10.9. The van der Waals surface area contributed by atoms with Gasteiger partial charge in [-0.05, 0) is 30.7 Å². The minimum Gasteiger partial charge on any atom is -0.479 e. The van der Waals surface area contributed by atoms with Gasteiger partial charge < -0.3 is 10.4 Å². The second-order valence-electron chi connectivity index (χ2n) is 4.74. The summed E-state index contributed by atoms with van der Waals surface area (Å²) in [7, 11) is 0. The van der Waals surface area contributed by atoms with Gasteiger partial charge in [-0.1, -0.05) is 0 Å². The van der Waals surface area contributed by atoms with Crippen LogP contribution in [-0.2, 0) is 17.0 Å². The number of carbonyl (C=O) groups excluding carboxylic acids is 1. The summed E-state index contributed by atoms with van der Waals surface area (Å²) in [6, 6.07) is 1.54. The molecule has 0 radical (unpaired) electrons. The Bertz CT molecular complexity index is 561. The first-order valence-corrected chi connectivity index (χ1v) is 7.94. The number of fused-ring (bicyclic) bond motifs is 1. The van der Waals surface area contributed by atoms with E-state index in [-0.39, 0.29) is 4.88 Å². The van der Waals surface area contributed by atoms with Crippen molar-refractivity contribution in [2.75, 3.05) is 5.75 Å². The van der Waals surface area contributed by atoms with Crippen LogP contribution in [-0.4, -0.2) is 34.5 Å². The molecule has 21 heavy (non-hydrogen) atoms. The predicted octanol–water partition coefficient (Wildman–Crippen LogP) is 2.67. The summed E-state index contributed by atoms with van der Waals surface area (Å²) in [4.78, 5) is 23.9. The molecule has 2 heterocycles. The lowest BCUT2D eigenvalue weighted by Gasteiger charge is -2.28. The summed E-state index contributed by atoms with van der Waals surface area (Å²) in [6.07, 6.45) is -4.31. The molecule has 1 aliphatic rings. The van der Waals surface area contributed by atoms with Crippen molar-refractivity contribution in [3.8, 4) is 0 Å². The SMILES string of the molecule is CC(NC(=O)c1cc2c(s1)CCSC2)(C(=O)O)C(F)(F)F. The monoisotopic (exact) mass is 339 g/mol. The number of carbonyl (C=O) groups is 2. The van der Waals surface area contributed by atoms with Crippen molar-refractivity contribution in [2.45, 2.75) is 30.8 Å². The van der Waals surface area contributed by atoms with Crippen molar-refractivity contribution in [1.29, 1.82) is 0 Å². The van der Waals surface area contributed by atoms with Crippen LogP contribution in [0.2, 0.25) is 0 Å². The number of aryl methyl sites for hydroxylation is 1. The highest BCUT2D eigenvalue weighted by atomic mass is 32.2. The van der Waals surface area contributed by atoms with Gasteiger partial charge in [0.15, 0.2) is 0 Å². The highest BCUT2D eigenvalue weighted by Gasteiger charge is 2.58. The van der Waals surface area contributed by atoms with Gasteiger partial charge >= 0.3 is 12.1 Å². The van der Waals surface area contributed by atoms with E-state index in [9.17, 15) is 22.8 Å². The zero-order valence-corrected chi connectivity index (χ0v) is 12.5. The Hall–Kier alpha value is -1.22. The maximum absolute atomic E-state index is 12.9. The minimum atomic E-state index is -5.08. The molecule has 1 amide bonds. The molecule has 0 aliphatic carbocycles. The summed E-state index contributed by atoms with van der Waals surface area (Å²) < 4.78 is 38.6. The number of rotatable bonds is 3. The summed E-state index contributed by atoms with van der Waals surface area (Å²) in [6.45, 7) is 0.441. The molecule has 2 rings (SSSR count). The molecule has 2 N–H and O–H groups in total. The quantitative estimate of drug-likeness (QED) is 0.889. The maximum atomic E-state index is 12.9. The fourth-order valence-corrected chi connectivity index (χ4v) is 4.06. The van der Waals surface area contributed by atoms with E-state index in [1.807, 2.05) is 0 Å². The van der Waals surface area contributed by atoms with Gasteiger partial charge in [-0.3, -0.25) is 4.79 Å². The molecule has 4 nitrogen and oxygen atoms in total. The average molecular weight is 339 g/mol. The molecule has 9 heteroatoms. The summed E-state index contributed by atoms with van der Waals surface area (Å²) in [5, 5.41) is 10.4. The number of thiophene rings is 1. The number of thioether (sulfide) groups is 1. The van der Waals surface area contributed by atoms with Crippen molar-refractivity contribution in [2.24, 2.45) is 0 Å². The Kier molecular flexibility index (Phi) is 4.25. The Morgan fingerprint density at radius 1 is 1.38 bits per heavy atom. The van der Waals surface area contributed by atoms with E-state index in [1.165, 1.54) is 0 Å². The van der Waals surface area contributed by atoms with Gasteiger partial charge in [0, 0.05) is 10.6 Å². The van der Waals surface area contributed by atoms with Crippen LogP contribution in [0, 0.1) is 0 Å². The highest BCUT2D eigenvalue weighted by molar-refractivity contribution is 7.98. The fourth-order valence-electron chi connectivity index (χ4n) is 1.79. The summed E-state index contributed by atoms with van der Waals surface area (Å²) >= 11 is 2.81. The number of aliphatic carboxylic acids is 1. The average Bonchev–Trinajstić information content (AvgIpc) is 2.80. The Labute approximate surface area is 126 Å². The third-order valence-electron chi connectivity index (χ3n) is 3.21. The molecule has 0 fully saturated rings. The number of halogens is 3. The minimum absolute atomic E-state index is 0.110. The largest absolute Gasteiger partial charge is 0.479 e. The van der Waals surface area contributed by atoms with Crippen molar-refractivity contribution >= 4 is 35.0 Å². The molecule has 1 aliphatic heterocycles. The van der Waals surface area contributed by atoms with Crippen molar-refractivity contribution < 1.29 is 27.9 Å². The normalized spacial score (nSPS) is 17.7. The Morgan fingerprint density at radius 2 is 2.05 bits per heavy atom. The molecule has 1 unspecified atom stereocenters. The first-order chi connectivity index (χ1) is 9.65. The van der Waals surface area contributed by atoms with Crippen molar-refractivity contribution in [3.63, 3.8) is 0 Å². The fraction of sp³-hybridized carbons (Fsp3) is 0.500. The number of hydrogen-bond acceptors (Lipinski definition) is 4. The van der Waals surface area contributed by atoms with Gasteiger partial charge in [0.2, 0.25) is 5.54 Å². The number of carboxylic acids is 1. The number of carboxylic acid groups (broad SMARTS) is 1. The second kappa shape index (κ2) is 5.53. The van der Waals surface area contributed by atoms with Gasteiger partial charge in [0.25, 0.3) is 5.91 Å². The van der Waals surface area contributed by atoms with Crippen LogP contribution in [0.25, 0.3) is 0 Å². The topological polar surface area (TPSA) is 66.4 Å². The number of hydrogen-bond donors (Lipinski definition) is 2. The number of alkyl halides is 3. The highest BCUT2D eigenvalue weighted by Crippen LogP contribution is 2.34. The molecule has 0 aromatic carbocycles. The number of nitrogens with one attached hydrogen (secondary N) is 1. The Morgan fingerprint density at radius 3 is 2.57 bits per heavy atom. The standard InChI is InChI=1S/C12H12F3NO3S2/c1-11(10(18)19,12(13,14)15)16-9(17)8-4-6-5-20-3-2-7(6)21-8/h4H,2-3,5H2,1H3,(H,16,17)(H,18,19). The van der Waals surface area contributed by atoms with Crippen molar-refractivity contribution in [1.82, 2.24) is 5.32 Å². The molecule has 0 spiro atoms. The van der Waals surface area contributed by atoms with Crippen LogP contribution in [0.15, 0.2) is 6.07 Å². The van der Waals surface area contributed by atoms with Crippen LogP contribution < -0.4 is 5.32 Å².